The summed E-state index contributed by atoms with van der Waals surface area (Å²) in [5, 5.41) is 2.93. The molecule has 0 atom stereocenters. The zero-order valence-corrected chi connectivity index (χ0v) is 10.4. The second-order valence-electron chi connectivity index (χ2n) is 5.05. The quantitative estimate of drug-likeness (QED) is 0.714. The predicted molar refractivity (Wildman–Crippen MR) is 64.1 cm³/mol. The fourth-order valence-corrected chi connectivity index (χ4v) is 2.16. The van der Waals surface area contributed by atoms with Gasteiger partial charge in [0.1, 0.15) is 6.61 Å². The van der Waals surface area contributed by atoms with E-state index in [2.05, 4.69) is 5.32 Å². The summed E-state index contributed by atoms with van der Waals surface area (Å²) in [7, 11) is 0. The lowest BCUT2D eigenvalue weighted by Gasteiger charge is -2.27. The third-order valence-electron chi connectivity index (χ3n) is 3.31. The summed E-state index contributed by atoms with van der Waals surface area (Å²) in [5.74, 6) is -0.0339. The minimum atomic E-state index is -0.0339. The molecule has 0 unspecified atom stereocenters. The van der Waals surface area contributed by atoms with Crippen LogP contribution in [0.25, 0.3) is 0 Å². The second-order valence-corrected chi connectivity index (χ2v) is 5.05. The molecule has 0 heterocycles. The number of rotatable bonds is 6. The first-order valence-electron chi connectivity index (χ1n) is 6.16. The van der Waals surface area contributed by atoms with Crippen molar-refractivity contribution in [1.29, 1.82) is 0 Å². The average molecular weight is 228 g/mol. The first-order valence-corrected chi connectivity index (χ1v) is 6.16. The lowest BCUT2D eigenvalue weighted by Crippen LogP contribution is -2.42. The van der Waals surface area contributed by atoms with Crippen LogP contribution in [0, 0.1) is 5.41 Å². The zero-order chi connectivity index (χ0) is 12.0. The van der Waals surface area contributed by atoms with Gasteiger partial charge in [-0.15, -0.1) is 0 Å². The highest BCUT2D eigenvalue weighted by molar-refractivity contribution is 5.77. The molecule has 1 fully saturated rings. The van der Waals surface area contributed by atoms with Crippen LogP contribution in [0.4, 0.5) is 0 Å². The Balaban J connectivity index is 2.24. The summed E-state index contributed by atoms with van der Waals surface area (Å²) in [6, 6.07) is 0. The van der Waals surface area contributed by atoms with Gasteiger partial charge < -0.3 is 15.8 Å². The molecule has 1 amide bonds. The maximum atomic E-state index is 11.5. The van der Waals surface area contributed by atoms with Crippen molar-refractivity contribution in [3.8, 4) is 0 Å². The Morgan fingerprint density at radius 1 is 1.44 bits per heavy atom. The summed E-state index contributed by atoms with van der Waals surface area (Å²) < 4.78 is 5.24. The van der Waals surface area contributed by atoms with E-state index in [-0.39, 0.29) is 24.0 Å². The standard InChI is InChI=1S/C12H24N2O2/c1-10(2)16-7-11(15)14-9-12(8-13)5-3-4-6-12/h10H,3-9,13H2,1-2H3,(H,14,15). The van der Waals surface area contributed by atoms with E-state index in [9.17, 15) is 4.79 Å². The van der Waals surface area contributed by atoms with E-state index < -0.39 is 0 Å². The Morgan fingerprint density at radius 3 is 2.56 bits per heavy atom. The molecule has 1 rings (SSSR count). The Morgan fingerprint density at radius 2 is 2.06 bits per heavy atom. The molecule has 94 valence electrons. The fraction of sp³-hybridized carbons (Fsp3) is 0.917. The number of ether oxygens (including phenoxy) is 1. The van der Waals surface area contributed by atoms with Gasteiger partial charge in [0.05, 0.1) is 6.10 Å². The van der Waals surface area contributed by atoms with Crippen LogP contribution in [-0.2, 0) is 9.53 Å². The van der Waals surface area contributed by atoms with E-state index in [1.165, 1.54) is 12.8 Å². The molecule has 3 N–H and O–H groups in total. The molecule has 4 nitrogen and oxygen atoms in total. The van der Waals surface area contributed by atoms with Gasteiger partial charge in [-0.2, -0.15) is 0 Å². The molecule has 1 aliphatic carbocycles. The van der Waals surface area contributed by atoms with Gasteiger partial charge in [-0.25, -0.2) is 0 Å². The van der Waals surface area contributed by atoms with Crippen LogP contribution >= 0.6 is 0 Å². The number of carbonyl (C=O) groups is 1. The number of nitrogens with two attached hydrogens (primary N) is 1. The molecular weight excluding hydrogens is 204 g/mol. The number of hydrogen-bond acceptors (Lipinski definition) is 3. The summed E-state index contributed by atoms with van der Waals surface area (Å²) in [6.45, 7) is 5.36. The van der Waals surface area contributed by atoms with Crippen LogP contribution in [0.5, 0.6) is 0 Å². The Kier molecular flexibility index (Phi) is 5.22. The Hall–Kier alpha value is -0.610. The van der Waals surface area contributed by atoms with E-state index in [0.717, 1.165) is 12.8 Å². The third kappa shape index (κ3) is 4.10. The first kappa shape index (κ1) is 13.5. The molecular formula is C12H24N2O2. The number of hydrogen-bond donors (Lipinski definition) is 2. The molecule has 16 heavy (non-hydrogen) atoms. The van der Waals surface area contributed by atoms with Crippen molar-refractivity contribution in [2.24, 2.45) is 11.1 Å². The van der Waals surface area contributed by atoms with Crippen LogP contribution in [0.15, 0.2) is 0 Å². The largest absolute Gasteiger partial charge is 0.369 e. The lowest BCUT2D eigenvalue weighted by atomic mass is 9.86. The van der Waals surface area contributed by atoms with Crippen LogP contribution in [0.3, 0.4) is 0 Å². The molecule has 0 spiro atoms. The molecule has 0 aromatic heterocycles. The van der Waals surface area contributed by atoms with Gasteiger partial charge in [0.25, 0.3) is 0 Å². The smallest absolute Gasteiger partial charge is 0.246 e. The predicted octanol–water partition coefficient (Wildman–Crippen LogP) is 1.05. The number of nitrogens with one attached hydrogen (secondary N) is 1. The highest BCUT2D eigenvalue weighted by atomic mass is 16.5. The van der Waals surface area contributed by atoms with Gasteiger partial charge in [-0.05, 0) is 38.6 Å². The second kappa shape index (κ2) is 6.21. The Bertz CT molecular complexity index is 223. The van der Waals surface area contributed by atoms with Crippen LogP contribution in [-0.4, -0.2) is 31.7 Å². The highest BCUT2D eigenvalue weighted by Gasteiger charge is 2.32. The van der Waals surface area contributed by atoms with E-state index in [4.69, 9.17) is 10.5 Å². The minimum absolute atomic E-state index is 0.0339. The van der Waals surface area contributed by atoms with Crippen molar-refractivity contribution in [2.45, 2.75) is 45.6 Å². The number of carbonyl (C=O) groups excluding carboxylic acids is 1. The highest BCUT2D eigenvalue weighted by Crippen LogP contribution is 2.36. The first-order chi connectivity index (χ1) is 7.58. The average Bonchev–Trinajstić information content (AvgIpc) is 2.73. The monoisotopic (exact) mass is 228 g/mol. The summed E-state index contributed by atoms with van der Waals surface area (Å²) in [4.78, 5) is 11.5. The van der Waals surface area contributed by atoms with Gasteiger partial charge in [0, 0.05) is 6.54 Å². The molecule has 0 aromatic carbocycles. The molecule has 0 saturated heterocycles. The van der Waals surface area contributed by atoms with Crippen LogP contribution in [0.1, 0.15) is 39.5 Å². The van der Waals surface area contributed by atoms with Gasteiger partial charge in [-0.3, -0.25) is 4.79 Å². The van der Waals surface area contributed by atoms with E-state index >= 15 is 0 Å². The summed E-state index contributed by atoms with van der Waals surface area (Å²) in [5.41, 5.74) is 5.94. The Labute approximate surface area is 97.9 Å². The van der Waals surface area contributed by atoms with Crippen molar-refractivity contribution < 1.29 is 9.53 Å². The lowest BCUT2D eigenvalue weighted by molar-refractivity contribution is -0.127. The maximum Gasteiger partial charge on any atom is 0.246 e. The summed E-state index contributed by atoms with van der Waals surface area (Å²) in [6.07, 6.45) is 4.83. The molecule has 1 saturated carbocycles. The van der Waals surface area contributed by atoms with Crippen LogP contribution in [0.2, 0.25) is 0 Å². The van der Waals surface area contributed by atoms with Gasteiger partial charge in [0.15, 0.2) is 0 Å². The molecule has 0 radical (unpaired) electrons. The SMILES string of the molecule is CC(C)OCC(=O)NCC1(CN)CCCC1. The topological polar surface area (TPSA) is 64.3 Å². The van der Waals surface area contributed by atoms with Crippen molar-refractivity contribution in [3.63, 3.8) is 0 Å². The van der Waals surface area contributed by atoms with Gasteiger partial charge >= 0.3 is 0 Å². The van der Waals surface area contributed by atoms with Crippen molar-refractivity contribution in [3.05, 3.63) is 0 Å². The van der Waals surface area contributed by atoms with E-state index in [1.807, 2.05) is 13.8 Å². The summed E-state index contributed by atoms with van der Waals surface area (Å²) >= 11 is 0. The number of amides is 1. The van der Waals surface area contributed by atoms with Crippen molar-refractivity contribution in [1.82, 2.24) is 5.32 Å². The van der Waals surface area contributed by atoms with Crippen molar-refractivity contribution in [2.75, 3.05) is 19.7 Å². The van der Waals surface area contributed by atoms with Crippen LogP contribution < -0.4 is 11.1 Å². The maximum absolute atomic E-state index is 11.5. The molecule has 4 heteroatoms. The van der Waals surface area contributed by atoms with Gasteiger partial charge in [-0.1, -0.05) is 12.8 Å². The van der Waals surface area contributed by atoms with E-state index in [1.54, 1.807) is 0 Å². The molecule has 0 aromatic rings. The third-order valence-corrected chi connectivity index (χ3v) is 3.31. The fourth-order valence-electron chi connectivity index (χ4n) is 2.16. The van der Waals surface area contributed by atoms with E-state index in [0.29, 0.717) is 13.1 Å². The normalized spacial score (nSPS) is 19.0. The molecule has 1 aliphatic rings. The molecule has 0 aliphatic heterocycles. The minimum Gasteiger partial charge on any atom is -0.369 e. The zero-order valence-electron chi connectivity index (χ0n) is 10.4. The van der Waals surface area contributed by atoms with Gasteiger partial charge in [0.2, 0.25) is 5.91 Å². The molecule has 0 bridgehead atoms. The van der Waals surface area contributed by atoms with Crippen molar-refractivity contribution >= 4 is 5.91 Å².